The maximum atomic E-state index is 5.00. The van der Waals surface area contributed by atoms with Crippen LogP contribution in [0.15, 0.2) is 176 Å². The second-order valence-electron chi connectivity index (χ2n) is 12.0. The fourth-order valence-corrected chi connectivity index (χ4v) is 6.79. The Morgan fingerprint density at radius 3 is 1.19 bits per heavy atom. The predicted octanol–water partition coefficient (Wildman–Crippen LogP) is 11.7. The molecule has 0 bridgehead atoms. The highest BCUT2D eigenvalue weighted by Gasteiger charge is 2.16. The van der Waals surface area contributed by atoms with Gasteiger partial charge in [0.25, 0.3) is 0 Å². The van der Waals surface area contributed by atoms with Crippen LogP contribution in [-0.2, 0) is 0 Å². The van der Waals surface area contributed by atoms with E-state index in [-0.39, 0.29) is 0 Å². The van der Waals surface area contributed by atoms with Crippen molar-refractivity contribution >= 4 is 32.3 Å². The molecule has 0 fully saturated rings. The SMILES string of the molecule is c1ccc(-c2nc(-c3ccccc3)nc(-c3ccccc3-c3ccc(-c4ccc5c6ccccc6c6ccccc6c5c4)cc3)n2)cc1. The van der Waals surface area contributed by atoms with Crippen LogP contribution in [0, 0.1) is 0 Å². The molecule has 0 unspecified atom stereocenters. The third-order valence-corrected chi connectivity index (χ3v) is 9.14. The Morgan fingerprint density at radius 1 is 0.229 bits per heavy atom. The zero-order chi connectivity index (χ0) is 31.9. The lowest BCUT2D eigenvalue weighted by atomic mass is 9.91. The van der Waals surface area contributed by atoms with E-state index in [0.717, 1.165) is 27.8 Å². The Balaban J connectivity index is 1.14. The van der Waals surface area contributed by atoms with Crippen LogP contribution in [-0.4, -0.2) is 15.0 Å². The minimum Gasteiger partial charge on any atom is -0.208 e. The van der Waals surface area contributed by atoms with Gasteiger partial charge in [-0.1, -0.05) is 170 Å². The molecule has 9 aromatic rings. The molecule has 8 aromatic carbocycles. The van der Waals surface area contributed by atoms with Gasteiger partial charge in [0.15, 0.2) is 17.5 Å². The van der Waals surface area contributed by atoms with Crippen LogP contribution in [0.25, 0.3) is 88.7 Å². The lowest BCUT2D eigenvalue weighted by molar-refractivity contribution is 1.07. The van der Waals surface area contributed by atoms with Crippen LogP contribution in [0.3, 0.4) is 0 Å². The standard InChI is InChI=1S/C45H29N3/c1-3-13-32(14-4-1)43-46-44(33-15-5-2-6-16-33)48-45(47-43)41-22-12-7-17-35(41)31-25-23-30(24-26-31)34-27-28-40-38-20-9-8-18-36(38)37-19-10-11-21-39(37)42(40)29-34/h1-29H. The van der Waals surface area contributed by atoms with Crippen LogP contribution in [0.5, 0.6) is 0 Å². The minimum atomic E-state index is 0.649. The fraction of sp³-hybridized carbons (Fsp3) is 0. The van der Waals surface area contributed by atoms with Gasteiger partial charge in [-0.2, -0.15) is 0 Å². The van der Waals surface area contributed by atoms with E-state index in [0.29, 0.717) is 17.5 Å². The summed E-state index contributed by atoms with van der Waals surface area (Å²) in [4.78, 5) is 14.9. The van der Waals surface area contributed by atoms with Crippen LogP contribution in [0.1, 0.15) is 0 Å². The third-order valence-electron chi connectivity index (χ3n) is 9.14. The number of hydrogen-bond donors (Lipinski definition) is 0. The maximum Gasteiger partial charge on any atom is 0.164 e. The summed E-state index contributed by atoms with van der Waals surface area (Å²) in [5, 5.41) is 7.69. The van der Waals surface area contributed by atoms with E-state index in [2.05, 4.69) is 109 Å². The van der Waals surface area contributed by atoms with Gasteiger partial charge < -0.3 is 0 Å². The Kier molecular flexibility index (Phi) is 6.80. The van der Waals surface area contributed by atoms with Gasteiger partial charge in [-0.05, 0) is 60.6 Å². The van der Waals surface area contributed by atoms with Crippen molar-refractivity contribution < 1.29 is 0 Å². The van der Waals surface area contributed by atoms with Gasteiger partial charge in [0.2, 0.25) is 0 Å². The molecule has 0 spiro atoms. The maximum absolute atomic E-state index is 5.00. The third kappa shape index (κ3) is 4.90. The average Bonchev–Trinajstić information content (AvgIpc) is 3.18. The van der Waals surface area contributed by atoms with Crippen molar-refractivity contribution in [2.24, 2.45) is 0 Å². The molecule has 0 saturated heterocycles. The highest BCUT2D eigenvalue weighted by Crippen LogP contribution is 2.38. The summed E-state index contributed by atoms with van der Waals surface area (Å²) in [6.07, 6.45) is 0. The van der Waals surface area contributed by atoms with Crippen molar-refractivity contribution in [2.75, 3.05) is 0 Å². The summed E-state index contributed by atoms with van der Waals surface area (Å²) in [5.74, 6) is 1.96. The lowest BCUT2D eigenvalue weighted by Gasteiger charge is -2.13. The predicted molar refractivity (Wildman–Crippen MR) is 200 cm³/mol. The summed E-state index contributed by atoms with van der Waals surface area (Å²) in [7, 11) is 0. The number of nitrogens with zero attached hydrogens (tertiary/aromatic N) is 3. The molecule has 1 heterocycles. The van der Waals surface area contributed by atoms with Crippen molar-refractivity contribution in [2.45, 2.75) is 0 Å². The molecular formula is C45H29N3. The Hall–Kier alpha value is -6.45. The average molecular weight is 612 g/mol. The number of rotatable bonds is 5. The fourth-order valence-electron chi connectivity index (χ4n) is 6.79. The molecular weight excluding hydrogens is 583 g/mol. The smallest absolute Gasteiger partial charge is 0.164 e. The summed E-state index contributed by atoms with van der Waals surface area (Å²) in [6.45, 7) is 0. The summed E-state index contributed by atoms with van der Waals surface area (Å²) in [5.41, 5.74) is 7.42. The zero-order valence-corrected chi connectivity index (χ0v) is 26.1. The van der Waals surface area contributed by atoms with Crippen molar-refractivity contribution in [1.29, 1.82) is 0 Å². The molecule has 0 aliphatic carbocycles. The van der Waals surface area contributed by atoms with Gasteiger partial charge in [0.1, 0.15) is 0 Å². The number of hydrogen-bond acceptors (Lipinski definition) is 3. The molecule has 48 heavy (non-hydrogen) atoms. The molecule has 224 valence electrons. The zero-order valence-electron chi connectivity index (χ0n) is 26.1. The number of aromatic nitrogens is 3. The molecule has 0 radical (unpaired) electrons. The highest BCUT2D eigenvalue weighted by molar-refractivity contribution is 6.25. The monoisotopic (exact) mass is 611 g/mol. The van der Waals surface area contributed by atoms with Crippen molar-refractivity contribution in [1.82, 2.24) is 15.0 Å². The van der Waals surface area contributed by atoms with Crippen LogP contribution < -0.4 is 0 Å². The largest absolute Gasteiger partial charge is 0.208 e. The van der Waals surface area contributed by atoms with Gasteiger partial charge in [0.05, 0.1) is 0 Å². The first-order valence-corrected chi connectivity index (χ1v) is 16.2. The molecule has 0 atom stereocenters. The van der Waals surface area contributed by atoms with E-state index in [1.807, 2.05) is 66.7 Å². The van der Waals surface area contributed by atoms with E-state index >= 15 is 0 Å². The molecule has 1 aromatic heterocycles. The summed E-state index contributed by atoms with van der Waals surface area (Å²) >= 11 is 0. The molecule has 0 amide bonds. The van der Waals surface area contributed by atoms with E-state index < -0.39 is 0 Å². The van der Waals surface area contributed by atoms with Crippen LogP contribution in [0.2, 0.25) is 0 Å². The van der Waals surface area contributed by atoms with E-state index in [4.69, 9.17) is 15.0 Å². The first-order valence-electron chi connectivity index (χ1n) is 16.2. The number of fused-ring (bicyclic) bond motifs is 6. The number of benzene rings is 8. The van der Waals surface area contributed by atoms with E-state index in [9.17, 15) is 0 Å². The normalized spacial score (nSPS) is 11.3. The summed E-state index contributed by atoms with van der Waals surface area (Å²) in [6, 6.07) is 61.7. The van der Waals surface area contributed by atoms with Crippen LogP contribution in [0.4, 0.5) is 0 Å². The molecule has 0 aliphatic heterocycles. The molecule has 3 nitrogen and oxygen atoms in total. The van der Waals surface area contributed by atoms with E-state index in [1.165, 1.54) is 43.4 Å². The van der Waals surface area contributed by atoms with Gasteiger partial charge in [-0.3, -0.25) is 0 Å². The Bertz CT molecular complexity index is 2500. The lowest BCUT2D eigenvalue weighted by Crippen LogP contribution is -2.01. The highest BCUT2D eigenvalue weighted by atomic mass is 15.0. The summed E-state index contributed by atoms with van der Waals surface area (Å²) < 4.78 is 0. The molecule has 9 rings (SSSR count). The molecule has 0 aliphatic rings. The van der Waals surface area contributed by atoms with Crippen molar-refractivity contribution in [3.63, 3.8) is 0 Å². The first-order chi connectivity index (χ1) is 23.8. The second-order valence-corrected chi connectivity index (χ2v) is 12.0. The van der Waals surface area contributed by atoms with Gasteiger partial charge in [0, 0.05) is 16.7 Å². The van der Waals surface area contributed by atoms with Crippen LogP contribution >= 0.6 is 0 Å². The van der Waals surface area contributed by atoms with Gasteiger partial charge in [-0.25, -0.2) is 15.0 Å². The van der Waals surface area contributed by atoms with Crippen molar-refractivity contribution in [3.05, 3.63) is 176 Å². The Labute approximate surface area is 278 Å². The second kappa shape index (κ2) is 11.7. The Morgan fingerprint density at radius 2 is 0.625 bits per heavy atom. The van der Waals surface area contributed by atoms with Gasteiger partial charge in [-0.15, -0.1) is 0 Å². The quantitative estimate of drug-likeness (QED) is 0.182. The first kappa shape index (κ1) is 27.8. The molecule has 3 heteroatoms. The van der Waals surface area contributed by atoms with Crippen molar-refractivity contribution in [3.8, 4) is 56.4 Å². The van der Waals surface area contributed by atoms with Gasteiger partial charge >= 0.3 is 0 Å². The molecule has 0 N–H and O–H groups in total. The minimum absolute atomic E-state index is 0.649. The topological polar surface area (TPSA) is 38.7 Å². The molecule has 0 saturated carbocycles. The van der Waals surface area contributed by atoms with E-state index in [1.54, 1.807) is 0 Å².